The molecule has 1 atom stereocenters. The van der Waals surface area contributed by atoms with Crippen LogP contribution in [-0.4, -0.2) is 6.54 Å². The van der Waals surface area contributed by atoms with E-state index >= 15 is 0 Å². The van der Waals surface area contributed by atoms with Gasteiger partial charge in [0.15, 0.2) is 0 Å². The molecule has 0 aromatic heterocycles. The van der Waals surface area contributed by atoms with Gasteiger partial charge >= 0.3 is 0 Å². The smallest absolute Gasteiger partial charge is 0.0514 e. The first kappa shape index (κ1) is 11.3. The molecule has 1 unspecified atom stereocenters. The number of nitrogens with zero attached hydrogens (tertiary/aromatic N) is 1. The summed E-state index contributed by atoms with van der Waals surface area (Å²) in [7, 11) is 0. The first-order valence-electron chi connectivity index (χ1n) is 6.67. The molecule has 1 aliphatic heterocycles. The topological polar surface area (TPSA) is 3.24 Å². The number of hydrogen-bond acceptors (Lipinski definition) is 1. The van der Waals surface area contributed by atoms with E-state index in [9.17, 15) is 0 Å². The number of fused-ring (bicyclic) bond motifs is 1. The largest absolute Gasteiger partial charge is 0.364 e. The fourth-order valence-corrected chi connectivity index (χ4v) is 2.79. The highest BCUT2D eigenvalue weighted by molar-refractivity contribution is 5.59. The third-order valence-electron chi connectivity index (χ3n) is 3.95. The highest BCUT2D eigenvalue weighted by Gasteiger charge is 2.23. The third kappa shape index (κ3) is 1.90. The van der Waals surface area contributed by atoms with Gasteiger partial charge in [-0.15, -0.1) is 0 Å². The van der Waals surface area contributed by atoms with Crippen LogP contribution < -0.4 is 4.90 Å². The van der Waals surface area contributed by atoms with E-state index < -0.39 is 0 Å². The highest BCUT2D eigenvalue weighted by atomic mass is 15.2. The second-order valence-electron chi connectivity index (χ2n) is 5.16. The Morgan fingerprint density at radius 2 is 1.72 bits per heavy atom. The molecule has 0 fully saturated rings. The van der Waals surface area contributed by atoms with E-state index in [0.29, 0.717) is 6.04 Å². The number of rotatable bonds is 2. The molecule has 0 spiro atoms. The zero-order valence-corrected chi connectivity index (χ0v) is 11.1. The lowest BCUT2D eigenvalue weighted by atomic mass is 10.1. The minimum absolute atomic E-state index is 0.453. The number of hydrogen-bond donors (Lipinski definition) is 0. The monoisotopic (exact) mass is 237 g/mol. The minimum Gasteiger partial charge on any atom is -0.364 e. The summed E-state index contributed by atoms with van der Waals surface area (Å²) in [5.41, 5.74) is 5.62. The van der Waals surface area contributed by atoms with Crippen molar-refractivity contribution in [2.45, 2.75) is 26.3 Å². The van der Waals surface area contributed by atoms with Gasteiger partial charge in [0, 0.05) is 12.2 Å². The molecule has 2 aromatic rings. The first-order valence-corrected chi connectivity index (χ1v) is 6.67. The summed E-state index contributed by atoms with van der Waals surface area (Å²) in [5, 5.41) is 0. The second-order valence-corrected chi connectivity index (χ2v) is 5.16. The predicted octanol–water partition coefficient (Wildman–Crippen LogP) is 4.12. The molecular formula is C17H19N. The van der Waals surface area contributed by atoms with E-state index in [1.54, 1.807) is 0 Å². The second kappa shape index (κ2) is 4.49. The first-order chi connectivity index (χ1) is 8.75. The Kier molecular flexibility index (Phi) is 2.83. The Balaban J connectivity index is 1.90. The Hall–Kier alpha value is -1.76. The molecule has 0 saturated heterocycles. The SMILES string of the molecule is Cc1ccc(C(C)N2CCc3ccccc32)cc1. The molecular weight excluding hydrogens is 218 g/mol. The van der Waals surface area contributed by atoms with Gasteiger partial charge in [-0.25, -0.2) is 0 Å². The van der Waals surface area contributed by atoms with Crippen LogP contribution in [0.5, 0.6) is 0 Å². The number of aryl methyl sites for hydroxylation is 1. The predicted molar refractivity (Wildman–Crippen MR) is 77.1 cm³/mol. The lowest BCUT2D eigenvalue weighted by molar-refractivity contribution is 0.696. The van der Waals surface area contributed by atoms with Crippen molar-refractivity contribution in [1.82, 2.24) is 0 Å². The Bertz CT molecular complexity index is 542. The summed E-state index contributed by atoms with van der Waals surface area (Å²) in [6, 6.07) is 18.1. The number of para-hydroxylation sites is 1. The fraction of sp³-hybridized carbons (Fsp3) is 0.294. The molecule has 2 aromatic carbocycles. The third-order valence-corrected chi connectivity index (χ3v) is 3.95. The van der Waals surface area contributed by atoms with Gasteiger partial charge in [-0.05, 0) is 37.5 Å². The van der Waals surface area contributed by atoms with Crippen LogP contribution in [0.4, 0.5) is 5.69 Å². The van der Waals surface area contributed by atoms with Crippen molar-refractivity contribution < 1.29 is 0 Å². The van der Waals surface area contributed by atoms with Crippen molar-refractivity contribution in [3.05, 3.63) is 65.2 Å². The van der Waals surface area contributed by atoms with Crippen LogP contribution >= 0.6 is 0 Å². The van der Waals surface area contributed by atoms with Gasteiger partial charge < -0.3 is 4.90 Å². The van der Waals surface area contributed by atoms with E-state index in [1.807, 2.05) is 0 Å². The average Bonchev–Trinajstić information content (AvgIpc) is 2.82. The van der Waals surface area contributed by atoms with E-state index in [2.05, 4.69) is 67.3 Å². The van der Waals surface area contributed by atoms with Crippen LogP contribution in [0.2, 0.25) is 0 Å². The van der Waals surface area contributed by atoms with Gasteiger partial charge in [-0.1, -0.05) is 48.0 Å². The Morgan fingerprint density at radius 3 is 2.50 bits per heavy atom. The zero-order valence-electron chi connectivity index (χ0n) is 11.1. The molecule has 1 heterocycles. The maximum absolute atomic E-state index is 2.51. The van der Waals surface area contributed by atoms with Gasteiger partial charge in [0.2, 0.25) is 0 Å². The summed E-state index contributed by atoms with van der Waals surface area (Å²) >= 11 is 0. The molecule has 92 valence electrons. The van der Waals surface area contributed by atoms with Crippen LogP contribution in [0.3, 0.4) is 0 Å². The summed E-state index contributed by atoms with van der Waals surface area (Å²) in [5.74, 6) is 0. The van der Waals surface area contributed by atoms with E-state index in [4.69, 9.17) is 0 Å². The molecule has 0 radical (unpaired) electrons. The molecule has 0 N–H and O–H groups in total. The Morgan fingerprint density at radius 1 is 1.00 bits per heavy atom. The quantitative estimate of drug-likeness (QED) is 0.759. The summed E-state index contributed by atoms with van der Waals surface area (Å²) < 4.78 is 0. The molecule has 0 aliphatic carbocycles. The lowest BCUT2D eigenvalue weighted by Crippen LogP contribution is -2.24. The molecule has 0 saturated carbocycles. The Labute approximate surface area is 109 Å². The number of benzene rings is 2. The standard InChI is InChI=1S/C17H19N/c1-13-7-9-15(10-8-13)14(2)18-12-11-16-5-3-4-6-17(16)18/h3-10,14H,11-12H2,1-2H3. The molecule has 3 rings (SSSR count). The van der Waals surface area contributed by atoms with Crippen molar-refractivity contribution in [3.63, 3.8) is 0 Å². The van der Waals surface area contributed by atoms with Crippen molar-refractivity contribution in [2.75, 3.05) is 11.4 Å². The van der Waals surface area contributed by atoms with Crippen LogP contribution in [0.1, 0.15) is 29.7 Å². The van der Waals surface area contributed by atoms with Crippen LogP contribution in [0, 0.1) is 6.92 Å². The van der Waals surface area contributed by atoms with Crippen LogP contribution in [-0.2, 0) is 6.42 Å². The molecule has 18 heavy (non-hydrogen) atoms. The van der Waals surface area contributed by atoms with Crippen molar-refractivity contribution in [1.29, 1.82) is 0 Å². The lowest BCUT2D eigenvalue weighted by Gasteiger charge is -2.27. The molecule has 1 heteroatoms. The maximum atomic E-state index is 2.51. The summed E-state index contributed by atoms with van der Waals surface area (Å²) in [6.45, 7) is 5.57. The van der Waals surface area contributed by atoms with E-state index in [1.165, 1.54) is 28.8 Å². The van der Waals surface area contributed by atoms with E-state index in [-0.39, 0.29) is 0 Å². The maximum Gasteiger partial charge on any atom is 0.0514 e. The van der Waals surface area contributed by atoms with Gasteiger partial charge in [-0.2, -0.15) is 0 Å². The highest BCUT2D eigenvalue weighted by Crippen LogP contribution is 2.34. The molecule has 0 amide bonds. The van der Waals surface area contributed by atoms with Crippen LogP contribution in [0.15, 0.2) is 48.5 Å². The zero-order chi connectivity index (χ0) is 12.5. The van der Waals surface area contributed by atoms with Gasteiger partial charge in [0.25, 0.3) is 0 Å². The van der Waals surface area contributed by atoms with Gasteiger partial charge in [0.05, 0.1) is 6.04 Å². The normalized spacial score (nSPS) is 15.6. The molecule has 0 bridgehead atoms. The fourth-order valence-electron chi connectivity index (χ4n) is 2.79. The summed E-state index contributed by atoms with van der Waals surface area (Å²) in [6.07, 6.45) is 1.17. The van der Waals surface area contributed by atoms with Crippen LogP contribution in [0.25, 0.3) is 0 Å². The van der Waals surface area contributed by atoms with Crippen molar-refractivity contribution >= 4 is 5.69 Å². The van der Waals surface area contributed by atoms with Crippen molar-refractivity contribution in [2.24, 2.45) is 0 Å². The van der Waals surface area contributed by atoms with Crippen molar-refractivity contribution in [3.8, 4) is 0 Å². The molecule has 1 aliphatic rings. The van der Waals surface area contributed by atoms with E-state index in [0.717, 1.165) is 6.54 Å². The summed E-state index contributed by atoms with van der Waals surface area (Å²) in [4.78, 5) is 2.51. The van der Waals surface area contributed by atoms with Gasteiger partial charge in [-0.3, -0.25) is 0 Å². The number of anilines is 1. The molecule has 1 nitrogen and oxygen atoms in total. The average molecular weight is 237 g/mol. The van der Waals surface area contributed by atoms with Gasteiger partial charge in [0.1, 0.15) is 0 Å². The minimum atomic E-state index is 0.453.